The van der Waals surface area contributed by atoms with Gasteiger partial charge in [0.1, 0.15) is 0 Å². The molecule has 18 unspecified atom stereocenters. The quantitative estimate of drug-likeness (QED) is 0.223. The lowest BCUT2D eigenvalue weighted by Crippen LogP contribution is -2.57. The van der Waals surface area contributed by atoms with Crippen LogP contribution in [0.1, 0.15) is 191 Å². The molecule has 0 N–H and O–H groups in total. The Kier molecular flexibility index (Phi) is 11.5. The molecular weight excluding hydrogens is 625 g/mol. The van der Waals surface area contributed by atoms with E-state index in [-0.39, 0.29) is 0 Å². The lowest BCUT2D eigenvalue weighted by molar-refractivity contribution is -0.153. The first-order valence-corrected chi connectivity index (χ1v) is 25.1. The highest BCUT2D eigenvalue weighted by molar-refractivity contribution is 5.22. The SMILES string of the molecule is CCC(CC)C1CC(C(CC)CC)C(C(C)C)C2(C1)C1CC(C(C)C)C3CCCCC3C1C1C3C(CC4CCC5CCCCC5C43)CC(C(C)C)C12. The zero-order valence-electron chi connectivity index (χ0n) is 36.6. The molecule has 0 nitrogen and oxygen atoms in total. The zero-order chi connectivity index (χ0) is 36.6. The van der Waals surface area contributed by atoms with Crippen LogP contribution in [0, 0.1) is 136 Å². The average Bonchev–Trinajstić information content (AvgIpc) is 3.65. The van der Waals surface area contributed by atoms with Gasteiger partial charge in [0.15, 0.2) is 0 Å². The second-order valence-electron chi connectivity index (χ2n) is 23.3. The van der Waals surface area contributed by atoms with Crippen LogP contribution >= 0.6 is 0 Å². The summed E-state index contributed by atoms with van der Waals surface area (Å²) in [6.07, 6.45) is 29.6. The maximum atomic E-state index is 2.78. The van der Waals surface area contributed by atoms with Gasteiger partial charge >= 0.3 is 0 Å². The summed E-state index contributed by atoms with van der Waals surface area (Å²) in [5.41, 5.74) is 0.580. The summed E-state index contributed by atoms with van der Waals surface area (Å²) in [7, 11) is 0. The standard InChI is InChI=1S/C52H90/c1-11-33(12-2)38-27-44(34(13-3)14-4)50(32(9)10)52(29-38)45-28-42(30(5)6)40-21-17-18-22-41(40)48(45)49-47-37(26-43(31(7)8)51(49)52)25-36-24-23-35-19-15-16-20-39(35)46(36)47/h30-51H,11-29H2,1-10H3. The van der Waals surface area contributed by atoms with E-state index >= 15 is 0 Å². The maximum Gasteiger partial charge on any atom is -0.0196 e. The highest BCUT2D eigenvalue weighted by Gasteiger charge is 2.75. The smallest absolute Gasteiger partial charge is 0.0196 e. The van der Waals surface area contributed by atoms with Gasteiger partial charge in [-0.25, -0.2) is 0 Å². The largest absolute Gasteiger partial charge is 0.0651 e. The molecule has 0 saturated heterocycles. The Labute approximate surface area is 325 Å². The van der Waals surface area contributed by atoms with E-state index in [4.69, 9.17) is 0 Å². The van der Waals surface area contributed by atoms with Crippen molar-refractivity contribution >= 4 is 0 Å². The predicted molar refractivity (Wildman–Crippen MR) is 224 cm³/mol. The number of rotatable bonds is 9. The molecule has 0 heteroatoms. The molecule has 0 radical (unpaired) electrons. The van der Waals surface area contributed by atoms with Crippen molar-refractivity contribution in [1.82, 2.24) is 0 Å². The van der Waals surface area contributed by atoms with Gasteiger partial charge in [0.05, 0.1) is 0 Å². The first-order valence-electron chi connectivity index (χ1n) is 25.1. The lowest BCUT2D eigenvalue weighted by Gasteiger charge is -2.63. The van der Waals surface area contributed by atoms with E-state index in [1.807, 2.05) is 0 Å². The second-order valence-corrected chi connectivity index (χ2v) is 23.3. The molecule has 0 heterocycles. The molecular formula is C52H90. The van der Waals surface area contributed by atoms with Gasteiger partial charge in [-0.2, -0.15) is 0 Å². The average molecular weight is 715 g/mol. The van der Waals surface area contributed by atoms with E-state index < -0.39 is 0 Å². The van der Waals surface area contributed by atoms with Crippen LogP contribution in [-0.2, 0) is 0 Å². The third kappa shape index (κ3) is 5.95. The number of fused-ring (bicyclic) bond motifs is 13. The van der Waals surface area contributed by atoms with Gasteiger partial charge in [-0.05, 0) is 200 Å². The summed E-state index contributed by atoms with van der Waals surface area (Å²) >= 11 is 0. The fourth-order valence-corrected chi connectivity index (χ4v) is 20.0. The predicted octanol–water partition coefficient (Wildman–Crippen LogP) is 15.2. The fraction of sp³-hybridized carbons (Fsp3) is 1.00. The Morgan fingerprint density at radius 2 is 1.08 bits per heavy atom. The van der Waals surface area contributed by atoms with Crippen LogP contribution in [0.4, 0.5) is 0 Å². The Balaban J connectivity index is 1.36. The van der Waals surface area contributed by atoms with Crippen molar-refractivity contribution < 1.29 is 0 Å². The molecule has 0 aromatic heterocycles. The van der Waals surface area contributed by atoms with Gasteiger partial charge in [0.2, 0.25) is 0 Å². The van der Waals surface area contributed by atoms with Crippen LogP contribution < -0.4 is 0 Å². The molecule has 1 spiro atoms. The van der Waals surface area contributed by atoms with Gasteiger partial charge in [0.25, 0.3) is 0 Å². The molecule has 0 aliphatic heterocycles. The van der Waals surface area contributed by atoms with Crippen LogP contribution in [0.15, 0.2) is 0 Å². The molecule has 52 heavy (non-hydrogen) atoms. The van der Waals surface area contributed by atoms with Gasteiger partial charge in [0, 0.05) is 0 Å². The Bertz CT molecular complexity index is 1170. The van der Waals surface area contributed by atoms with Gasteiger partial charge in [-0.3, -0.25) is 0 Å². The highest BCUT2D eigenvalue weighted by Crippen LogP contribution is 2.80. The van der Waals surface area contributed by atoms with Gasteiger partial charge in [-0.1, -0.05) is 127 Å². The van der Waals surface area contributed by atoms with Crippen molar-refractivity contribution in [3.63, 3.8) is 0 Å². The van der Waals surface area contributed by atoms with Crippen molar-refractivity contribution in [3.8, 4) is 0 Å². The second kappa shape index (κ2) is 15.4. The van der Waals surface area contributed by atoms with Crippen LogP contribution in [0.25, 0.3) is 0 Å². The number of hydrogen-bond acceptors (Lipinski definition) is 0. The molecule has 8 fully saturated rings. The minimum atomic E-state index is 0.580. The van der Waals surface area contributed by atoms with Crippen molar-refractivity contribution in [1.29, 1.82) is 0 Å². The topological polar surface area (TPSA) is 0 Å². The Morgan fingerprint density at radius 1 is 0.462 bits per heavy atom. The maximum absolute atomic E-state index is 2.78. The van der Waals surface area contributed by atoms with E-state index in [1.54, 1.807) is 89.9 Å². The summed E-state index contributed by atoms with van der Waals surface area (Å²) in [6, 6.07) is 0. The molecule has 0 aromatic rings. The van der Waals surface area contributed by atoms with E-state index in [0.717, 1.165) is 130 Å². The summed E-state index contributed by atoms with van der Waals surface area (Å²) in [5, 5.41) is 0. The molecule has 0 amide bonds. The minimum absolute atomic E-state index is 0.580. The van der Waals surface area contributed by atoms with Crippen molar-refractivity contribution in [3.05, 3.63) is 0 Å². The third-order valence-corrected chi connectivity index (χ3v) is 21.1. The van der Waals surface area contributed by atoms with E-state index in [1.165, 1.54) is 32.1 Å². The first kappa shape index (κ1) is 38.9. The fourth-order valence-electron chi connectivity index (χ4n) is 20.0. The normalized spacial score (nSPS) is 50.0. The molecule has 298 valence electrons. The van der Waals surface area contributed by atoms with E-state index in [9.17, 15) is 0 Å². The molecule has 0 aromatic carbocycles. The molecule has 8 aliphatic rings. The summed E-state index contributed by atoms with van der Waals surface area (Å²) in [5.74, 6) is 22.0. The summed E-state index contributed by atoms with van der Waals surface area (Å²) < 4.78 is 0. The highest BCUT2D eigenvalue weighted by atomic mass is 14.8. The van der Waals surface area contributed by atoms with Crippen molar-refractivity contribution in [2.24, 2.45) is 136 Å². The first-order chi connectivity index (χ1) is 25.1. The zero-order valence-corrected chi connectivity index (χ0v) is 36.6. The molecule has 8 aliphatic carbocycles. The van der Waals surface area contributed by atoms with Gasteiger partial charge in [-0.15, -0.1) is 0 Å². The van der Waals surface area contributed by atoms with Gasteiger partial charge < -0.3 is 0 Å². The third-order valence-electron chi connectivity index (χ3n) is 21.1. The van der Waals surface area contributed by atoms with Crippen molar-refractivity contribution in [2.45, 2.75) is 191 Å². The van der Waals surface area contributed by atoms with Crippen LogP contribution in [0.3, 0.4) is 0 Å². The molecule has 18 atom stereocenters. The Hall–Kier alpha value is 0. The van der Waals surface area contributed by atoms with Crippen LogP contribution in [-0.4, -0.2) is 0 Å². The van der Waals surface area contributed by atoms with E-state index in [2.05, 4.69) is 69.2 Å². The molecule has 8 rings (SSSR count). The molecule has 0 bridgehead atoms. The van der Waals surface area contributed by atoms with Crippen molar-refractivity contribution in [2.75, 3.05) is 0 Å². The lowest BCUT2D eigenvalue weighted by atomic mass is 9.41. The van der Waals surface area contributed by atoms with Crippen LogP contribution in [0.5, 0.6) is 0 Å². The van der Waals surface area contributed by atoms with Crippen LogP contribution in [0.2, 0.25) is 0 Å². The summed E-state index contributed by atoms with van der Waals surface area (Å²) in [4.78, 5) is 0. The minimum Gasteiger partial charge on any atom is -0.0651 e. The molecule has 8 saturated carbocycles. The van der Waals surface area contributed by atoms with E-state index in [0.29, 0.717) is 5.41 Å². The number of hydrogen-bond donors (Lipinski definition) is 0. The Morgan fingerprint density at radius 3 is 1.71 bits per heavy atom. The summed E-state index contributed by atoms with van der Waals surface area (Å²) in [6.45, 7) is 26.8. The monoisotopic (exact) mass is 715 g/mol.